The van der Waals surface area contributed by atoms with Crippen molar-refractivity contribution in [3.05, 3.63) is 23.5 Å². The monoisotopic (exact) mass is 403 g/mol. The van der Waals surface area contributed by atoms with E-state index in [1.807, 2.05) is 4.31 Å². The summed E-state index contributed by atoms with van der Waals surface area (Å²) in [5.41, 5.74) is -0.551. The Morgan fingerprint density at radius 1 is 1.22 bits per heavy atom. The molecule has 0 amide bonds. The molecular weight excluding hydrogens is 379 g/mol. The van der Waals surface area contributed by atoms with Crippen LogP contribution in [0.5, 0.6) is 0 Å². The van der Waals surface area contributed by atoms with Crippen molar-refractivity contribution >= 4 is 11.0 Å². The molecule has 3 aliphatic rings. The molecule has 3 heterocycles. The summed E-state index contributed by atoms with van der Waals surface area (Å²) in [5, 5.41) is 3.69. The van der Waals surface area contributed by atoms with Crippen LogP contribution in [-0.4, -0.2) is 51.9 Å². The van der Waals surface area contributed by atoms with Crippen molar-refractivity contribution in [3.8, 4) is 0 Å². The Morgan fingerprint density at radius 3 is 2.48 bits per heavy atom. The SMILES string of the molecule is Cc1nc(C(F)(F)F)ccc1S(=O)N1CC2(CC(NC3CCOCC3)C2)C1. The zero-order chi connectivity index (χ0) is 19.2. The summed E-state index contributed by atoms with van der Waals surface area (Å²) in [4.78, 5) is 3.96. The van der Waals surface area contributed by atoms with Gasteiger partial charge in [0.15, 0.2) is 0 Å². The first-order chi connectivity index (χ1) is 12.8. The van der Waals surface area contributed by atoms with Gasteiger partial charge in [-0.1, -0.05) is 0 Å². The number of aryl methyl sites for hydroxylation is 1. The highest BCUT2D eigenvalue weighted by Gasteiger charge is 2.54. The molecule has 5 nitrogen and oxygen atoms in total. The van der Waals surface area contributed by atoms with E-state index in [9.17, 15) is 17.4 Å². The minimum atomic E-state index is -4.48. The molecule has 27 heavy (non-hydrogen) atoms. The average Bonchev–Trinajstić information content (AvgIpc) is 2.55. The summed E-state index contributed by atoms with van der Waals surface area (Å²) >= 11 is 0. The first kappa shape index (κ1) is 19.3. The van der Waals surface area contributed by atoms with E-state index >= 15 is 0 Å². The fraction of sp³-hybridized carbons (Fsp3) is 0.722. The second-order valence-electron chi connectivity index (χ2n) is 7.98. The van der Waals surface area contributed by atoms with Crippen molar-refractivity contribution in [2.45, 2.75) is 55.8 Å². The summed E-state index contributed by atoms with van der Waals surface area (Å²) in [5.74, 6) is 0. The van der Waals surface area contributed by atoms with Gasteiger partial charge in [0.1, 0.15) is 16.7 Å². The molecule has 1 spiro atoms. The lowest BCUT2D eigenvalue weighted by Gasteiger charge is -2.59. The van der Waals surface area contributed by atoms with Crippen LogP contribution < -0.4 is 5.32 Å². The van der Waals surface area contributed by atoms with Gasteiger partial charge in [-0.3, -0.25) is 0 Å². The normalized spacial score (nSPS) is 25.2. The Labute approximate surface area is 159 Å². The van der Waals surface area contributed by atoms with Crippen LogP contribution >= 0.6 is 0 Å². The van der Waals surface area contributed by atoms with E-state index in [1.165, 1.54) is 13.0 Å². The van der Waals surface area contributed by atoms with Crippen molar-refractivity contribution in [3.63, 3.8) is 0 Å². The third kappa shape index (κ3) is 3.92. The van der Waals surface area contributed by atoms with E-state index in [1.54, 1.807) is 0 Å². The molecule has 0 radical (unpaired) electrons. The molecule has 2 saturated heterocycles. The smallest absolute Gasteiger partial charge is 0.381 e. The molecule has 1 aromatic rings. The zero-order valence-corrected chi connectivity index (χ0v) is 16.0. The lowest BCUT2D eigenvalue weighted by molar-refractivity contribution is -0.141. The third-order valence-electron chi connectivity index (χ3n) is 5.83. The number of ether oxygens (including phenoxy) is 1. The van der Waals surface area contributed by atoms with Crippen molar-refractivity contribution in [1.29, 1.82) is 0 Å². The van der Waals surface area contributed by atoms with Crippen LogP contribution in [0.1, 0.15) is 37.1 Å². The molecule has 1 unspecified atom stereocenters. The average molecular weight is 403 g/mol. The maximum Gasteiger partial charge on any atom is 0.433 e. The highest BCUT2D eigenvalue weighted by Crippen LogP contribution is 2.49. The van der Waals surface area contributed by atoms with Crippen LogP contribution in [0.3, 0.4) is 0 Å². The van der Waals surface area contributed by atoms with Gasteiger partial charge in [-0.15, -0.1) is 0 Å². The maximum atomic E-state index is 12.7. The number of hydrogen-bond acceptors (Lipinski definition) is 4. The van der Waals surface area contributed by atoms with Gasteiger partial charge in [0.05, 0.1) is 10.6 Å². The molecule has 1 aliphatic carbocycles. The van der Waals surface area contributed by atoms with Crippen molar-refractivity contribution < 1.29 is 22.1 Å². The van der Waals surface area contributed by atoms with Crippen LogP contribution in [0, 0.1) is 12.3 Å². The fourth-order valence-corrected chi connectivity index (χ4v) is 5.95. The quantitative estimate of drug-likeness (QED) is 0.840. The van der Waals surface area contributed by atoms with Crippen LogP contribution in [0.25, 0.3) is 0 Å². The van der Waals surface area contributed by atoms with Crippen LogP contribution in [-0.2, 0) is 21.9 Å². The Hall–Kier alpha value is -1.03. The fourth-order valence-electron chi connectivity index (χ4n) is 4.41. The summed E-state index contributed by atoms with van der Waals surface area (Å²) in [6.07, 6.45) is -0.228. The van der Waals surface area contributed by atoms with Gasteiger partial charge in [-0.25, -0.2) is 13.5 Å². The molecule has 3 fully saturated rings. The highest BCUT2D eigenvalue weighted by atomic mass is 32.2. The van der Waals surface area contributed by atoms with Gasteiger partial charge >= 0.3 is 6.18 Å². The van der Waals surface area contributed by atoms with Crippen LogP contribution in [0.4, 0.5) is 13.2 Å². The Balaban J connectivity index is 1.29. The molecule has 9 heteroatoms. The lowest BCUT2D eigenvalue weighted by Crippen LogP contribution is -2.67. The topological polar surface area (TPSA) is 54.5 Å². The summed E-state index contributed by atoms with van der Waals surface area (Å²) in [6, 6.07) is 3.25. The van der Waals surface area contributed by atoms with Gasteiger partial charge in [-0.2, -0.15) is 13.2 Å². The van der Waals surface area contributed by atoms with Crippen molar-refractivity contribution in [2.75, 3.05) is 26.3 Å². The number of nitrogens with zero attached hydrogens (tertiary/aromatic N) is 2. The number of aromatic nitrogens is 1. The minimum absolute atomic E-state index is 0.178. The maximum absolute atomic E-state index is 12.7. The third-order valence-corrected chi connectivity index (χ3v) is 7.36. The van der Waals surface area contributed by atoms with E-state index in [4.69, 9.17) is 4.74 Å². The number of rotatable bonds is 4. The van der Waals surface area contributed by atoms with Crippen molar-refractivity contribution in [1.82, 2.24) is 14.6 Å². The first-order valence-corrected chi connectivity index (χ1v) is 10.4. The second-order valence-corrected chi connectivity index (χ2v) is 9.44. The number of hydrogen-bond donors (Lipinski definition) is 1. The molecule has 1 N–H and O–H groups in total. The van der Waals surface area contributed by atoms with E-state index in [2.05, 4.69) is 10.3 Å². The Bertz CT molecular complexity index is 723. The van der Waals surface area contributed by atoms with Crippen LogP contribution in [0.15, 0.2) is 17.0 Å². The summed E-state index contributed by atoms with van der Waals surface area (Å²) in [7, 11) is -1.45. The summed E-state index contributed by atoms with van der Waals surface area (Å²) < 4.78 is 58.1. The molecule has 150 valence electrons. The predicted molar refractivity (Wildman–Crippen MR) is 94.4 cm³/mol. The molecule has 1 saturated carbocycles. The van der Waals surface area contributed by atoms with E-state index in [-0.39, 0.29) is 11.1 Å². The second kappa shape index (κ2) is 7.09. The Kier molecular flexibility index (Phi) is 5.07. The van der Waals surface area contributed by atoms with Crippen LogP contribution in [0.2, 0.25) is 0 Å². The zero-order valence-electron chi connectivity index (χ0n) is 15.2. The lowest BCUT2D eigenvalue weighted by atomic mass is 9.61. The standard InChI is InChI=1S/C18H24F3N3O2S/c1-12-15(2-3-16(22-12)18(19,20)21)27(25)24-10-17(11-24)8-14(9-17)23-13-4-6-26-7-5-13/h2-3,13-14,23H,4-11H2,1H3. The molecular formula is C18H24F3N3O2S. The molecule has 0 aromatic carbocycles. The van der Waals surface area contributed by atoms with E-state index in [0.717, 1.165) is 58.1 Å². The molecule has 0 bridgehead atoms. The van der Waals surface area contributed by atoms with Gasteiger partial charge < -0.3 is 10.1 Å². The molecule has 1 aromatic heterocycles. The van der Waals surface area contributed by atoms with E-state index in [0.29, 0.717) is 17.0 Å². The number of nitrogens with one attached hydrogen (secondary N) is 1. The van der Waals surface area contributed by atoms with Crippen molar-refractivity contribution in [2.24, 2.45) is 5.41 Å². The minimum Gasteiger partial charge on any atom is -0.381 e. The molecule has 2 aliphatic heterocycles. The molecule has 4 rings (SSSR count). The number of halogens is 3. The van der Waals surface area contributed by atoms with Gasteiger partial charge in [0.2, 0.25) is 0 Å². The summed E-state index contributed by atoms with van der Waals surface area (Å²) in [6.45, 7) is 4.58. The van der Waals surface area contributed by atoms with Gasteiger partial charge in [0.25, 0.3) is 0 Å². The largest absolute Gasteiger partial charge is 0.433 e. The van der Waals surface area contributed by atoms with Gasteiger partial charge in [0, 0.05) is 43.8 Å². The molecule has 1 atom stereocenters. The first-order valence-electron chi connectivity index (χ1n) is 9.31. The highest BCUT2D eigenvalue weighted by molar-refractivity contribution is 7.82. The Morgan fingerprint density at radius 2 is 1.89 bits per heavy atom. The predicted octanol–water partition coefficient (Wildman–Crippen LogP) is 2.66. The van der Waals surface area contributed by atoms with E-state index < -0.39 is 22.9 Å². The number of alkyl halides is 3. The number of pyridine rings is 1. The van der Waals surface area contributed by atoms with Gasteiger partial charge in [-0.05, 0) is 44.7 Å².